The molecule has 0 aliphatic carbocycles. The molecule has 2 nitrogen and oxygen atoms in total. The Morgan fingerprint density at radius 2 is 1.79 bits per heavy atom. The number of anilines is 1. The van der Waals surface area contributed by atoms with Crippen molar-refractivity contribution in [1.82, 2.24) is 4.98 Å². The number of rotatable bonds is 1. The number of benzene rings is 1. The second kappa shape index (κ2) is 6.50. The Morgan fingerprint density at radius 1 is 1.05 bits per heavy atom. The number of piperidine rings is 1. The third-order valence-electron chi connectivity index (χ3n) is 3.38. The number of hydrogen-bond acceptors (Lipinski definition) is 2. The lowest BCUT2D eigenvalue weighted by Crippen LogP contribution is -2.29. The summed E-state index contributed by atoms with van der Waals surface area (Å²) in [5, 5.41) is 0.925. The van der Waals surface area contributed by atoms with Crippen LogP contribution in [0.2, 0.25) is 0 Å². The second-order valence-electron chi connectivity index (χ2n) is 4.54. The van der Waals surface area contributed by atoms with Gasteiger partial charge in [-0.2, -0.15) is 0 Å². The van der Waals surface area contributed by atoms with Crippen molar-refractivity contribution in [1.29, 1.82) is 0 Å². The highest BCUT2D eigenvalue weighted by molar-refractivity contribution is 5.91. The molecule has 1 saturated heterocycles. The Kier molecular flexibility index (Phi) is 4.72. The summed E-state index contributed by atoms with van der Waals surface area (Å²) in [4.78, 5) is 6.62. The van der Waals surface area contributed by atoms with Crippen LogP contribution in [0.4, 0.5) is 10.1 Å². The Labute approximate surface area is 114 Å². The molecule has 0 bridgehead atoms. The van der Waals surface area contributed by atoms with Gasteiger partial charge in [0.2, 0.25) is 0 Å². The van der Waals surface area contributed by atoms with E-state index in [4.69, 9.17) is 0 Å². The number of pyridine rings is 1. The molecule has 0 amide bonds. The quantitative estimate of drug-likeness (QED) is 0.756. The fourth-order valence-electron chi connectivity index (χ4n) is 2.51. The van der Waals surface area contributed by atoms with E-state index in [-0.39, 0.29) is 5.82 Å². The maximum absolute atomic E-state index is 13.3. The van der Waals surface area contributed by atoms with E-state index < -0.39 is 0 Å². The van der Waals surface area contributed by atoms with Crippen LogP contribution < -0.4 is 4.90 Å². The zero-order chi connectivity index (χ0) is 13.7. The van der Waals surface area contributed by atoms with Gasteiger partial charge < -0.3 is 4.90 Å². The van der Waals surface area contributed by atoms with Crippen LogP contribution in [0.15, 0.2) is 30.5 Å². The van der Waals surface area contributed by atoms with Gasteiger partial charge in [-0.3, -0.25) is 4.98 Å². The predicted molar refractivity (Wildman–Crippen MR) is 79.1 cm³/mol. The molecule has 1 aromatic carbocycles. The van der Waals surface area contributed by atoms with Crippen molar-refractivity contribution in [3.8, 4) is 0 Å². The van der Waals surface area contributed by atoms with Crippen LogP contribution in [0, 0.1) is 5.82 Å². The lowest BCUT2D eigenvalue weighted by atomic mass is 10.1. The maximum atomic E-state index is 13.3. The number of halogens is 1. The van der Waals surface area contributed by atoms with Crippen LogP contribution in [0.5, 0.6) is 0 Å². The third kappa shape index (κ3) is 3.03. The number of aromatic nitrogens is 1. The summed E-state index contributed by atoms with van der Waals surface area (Å²) in [6.07, 6.45) is 5.55. The highest BCUT2D eigenvalue weighted by atomic mass is 19.1. The smallest absolute Gasteiger partial charge is 0.124 e. The van der Waals surface area contributed by atoms with Crippen LogP contribution in [0.3, 0.4) is 0 Å². The van der Waals surface area contributed by atoms with Crippen LogP contribution in [0.25, 0.3) is 10.9 Å². The Bertz CT molecular complexity index is 533. The topological polar surface area (TPSA) is 16.1 Å². The number of hydrogen-bond donors (Lipinski definition) is 0. The minimum atomic E-state index is -0.191. The molecule has 1 aromatic heterocycles. The van der Waals surface area contributed by atoms with Gasteiger partial charge in [0.1, 0.15) is 5.82 Å². The monoisotopic (exact) mass is 260 g/mol. The van der Waals surface area contributed by atoms with Gasteiger partial charge in [0.25, 0.3) is 0 Å². The minimum absolute atomic E-state index is 0.191. The first-order chi connectivity index (χ1) is 9.34. The van der Waals surface area contributed by atoms with Gasteiger partial charge in [-0.1, -0.05) is 13.8 Å². The maximum Gasteiger partial charge on any atom is 0.124 e. The highest BCUT2D eigenvalue weighted by Crippen LogP contribution is 2.28. The normalized spacial score (nSPS) is 15.0. The number of nitrogens with zero attached hydrogens (tertiary/aromatic N) is 2. The molecule has 1 aliphatic heterocycles. The Hall–Kier alpha value is -1.64. The van der Waals surface area contributed by atoms with Gasteiger partial charge in [-0.15, -0.1) is 0 Å². The van der Waals surface area contributed by atoms with E-state index in [2.05, 4.69) is 9.88 Å². The van der Waals surface area contributed by atoms with Crippen molar-refractivity contribution in [3.05, 3.63) is 36.3 Å². The SMILES string of the molecule is CC.Fc1ccc2nccc(N3CCCCC3)c2c1. The standard InChI is InChI=1S/C14H15FN2.C2H6/c15-11-4-5-13-12(10-11)14(6-7-16-13)17-8-2-1-3-9-17;1-2/h4-7,10H,1-3,8-9H2;1-2H3. The molecule has 0 spiro atoms. The summed E-state index contributed by atoms with van der Waals surface area (Å²) in [5.74, 6) is -0.191. The van der Waals surface area contributed by atoms with Crippen molar-refractivity contribution in [3.63, 3.8) is 0 Å². The van der Waals surface area contributed by atoms with Crippen molar-refractivity contribution >= 4 is 16.6 Å². The Morgan fingerprint density at radius 3 is 2.53 bits per heavy atom. The van der Waals surface area contributed by atoms with E-state index in [1.165, 1.54) is 25.3 Å². The van der Waals surface area contributed by atoms with Crippen molar-refractivity contribution < 1.29 is 4.39 Å². The molecule has 0 atom stereocenters. The number of fused-ring (bicyclic) bond motifs is 1. The van der Waals surface area contributed by atoms with Crippen molar-refractivity contribution in [2.24, 2.45) is 0 Å². The summed E-state index contributed by atoms with van der Waals surface area (Å²) in [5.41, 5.74) is 1.99. The molecular formula is C16H21FN2. The van der Waals surface area contributed by atoms with Crippen LogP contribution in [-0.4, -0.2) is 18.1 Å². The van der Waals surface area contributed by atoms with Crippen molar-refractivity contribution in [2.75, 3.05) is 18.0 Å². The third-order valence-corrected chi connectivity index (χ3v) is 3.38. The van der Waals surface area contributed by atoms with Crippen LogP contribution >= 0.6 is 0 Å². The fourth-order valence-corrected chi connectivity index (χ4v) is 2.51. The molecule has 102 valence electrons. The van der Waals surface area contributed by atoms with E-state index in [0.717, 1.165) is 29.7 Å². The van der Waals surface area contributed by atoms with E-state index in [1.54, 1.807) is 12.1 Å². The lowest BCUT2D eigenvalue weighted by Gasteiger charge is -2.29. The molecule has 0 saturated carbocycles. The largest absolute Gasteiger partial charge is 0.371 e. The Balaban J connectivity index is 0.000000637. The predicted octanol–water partition coefficient (Wildman–Crippen LogP) is 4.39. The van der Waals surface area contributed by atoms with Gasteiger partial charge in [0, 0.05) is 30.4 Å². The van der Waals surface area contributed by atoms with E-state index in [0.29, 0.717) is 0 Å². The lowest BCUT2D eigenvalue weighted by molar-refractivity contribution is 0.578. The van der Waals surface area contributed by atoms with Gasteiger partial charge in [0.05, 0.1) is 5.52 Å². The first-order valence-electron chi connectivity index (χ1n) is 7.14. The average Bonchev–Trinajstić information content (AvgIpc) is 2.49. The average molecular weight is 260 g/mol. The molecule has 2 heterocycles. The van der Waals surface area contributed by atoms with Gasteiger partial charge in [-0.05, 0) is 43.5 Å². The molecule has 0 unspecified atom stereocenters. The summed E-state index contributed by atoms with van der Waals surface area (Å²) in [6, 6.07) is 6.80. The van der Waals surface area contributed by atoms with Gasteiger partial charge >= 0.3 is 0 Å². The van der Waals surface area contributed by atoms with Crippen LogP contribution in [0.1, 0.15) is 33.1 Å². The van der Waals surface area contributed by atoms with Crippen LogP contribution in [-0.2, 0) is 0 Å². The molecular weight excluding hydrogens is 239 g/mol. The van der Waals surface area contributed by atoms with Gasteiger partial charge in [-0.25, -0.2) is 4.39 Å². The molecule has 3 heteroatoms. The molecule has 0 radical (unpaired) electrons. The minimum Gasteiger partial charge on any atom is -0.371 e. The van der Waals surface area contributed by atoms with E-state index in [1.807, 2.05) is 26.1 Å². The molecule has 2 aromatic rings. The molecule has 1 fully saturated rings. The van der Waals surface area contributed by atoms with Gasteiger partial charge in [0.15, 0.2) is 0 Å². The second-order valence-corrected chi connectivity index (χ2v) is 4.54. The zero-order valence-corrected chi connectivity index (χ0v) is 11.7. The summed E-state index contributed by atoms with van der Waals surface area (Å²) in [6.45, 7) is 6.13. The summed E-state index contributed by atoms with van der Waals surface area (Å²) >= 11 is 0. The molecule has 1 aliphatic rings. The fraction of sp³-hybridized carbons (Fsp3) is 0.438. The highest BCUT2D eigenvalue weighted by Gasteiger charge is 2.13. The molecule has 19 heavy (non-hydrogen) atoms. The molecule has 3 rings (SSSR count). The van der Waals surface area contributed by atoms with E-state index in [9.17, 15) is 4.39 Å². The summed E-state index contributed by atoms with van der Waals surface area (Å²) in [7, 11) is 0. The first kappa shape index (κ1) is 13.8. The first-order valence-corrected chi connectivity index (χ1v) is 7.14. The summed E-state index contributed by atoms with van der Waals surface area (Å²) < 4.78 is 13.3. The zero-order valence-electron chi connectivity index (χ0n) is 11.7. The van der Waals surface area contributed by atoms with E-state index >= 15 is 0 Å². The van der Waals surface area contributed by atoms with Crippen molar-refractivity contribution in [2.45, 2.75) is 33.1 Å². The molecule has 0 N–H and O–H groups in total.